The average molecular weight is 365 g/mol. The topological polar surface area (TPSA) is 56.1 Å². The van der Waals surface area contributed by atoms with Gasteiger partial charge in [-0.15, -0.1) is 0 Å². The molecular weight excluding hydrogens is 338 g/mol. The fourth-order valence-electron chi connectivity index (χ4n) is 4.33. The number of allylic oxidation sites excluding steroid dienone is 2. The van der Waals surface area contributed by atoms with Crippen molar-refractivity contribution in [2.75, 3.05) is 12.4 Å². The second-order valence-electron chi connectivity index (χ2n) is 8.65. The molecule has 5 nitrogen and oxygen atoms in total. The summed E-state index contributed by atoms with van der Waals surface area (Å²) in [6, 6.07) is 8.28. The predicted octanol–water partition coefficient (Wildman–Crippen LogP) is 4.67. The van der Waals surface area contributed by atoms with Crippen molar-refractivity contribution in [2.45, 2.75) is 52.5 Å². The van der Waals surface area contributed by atoms with E-state index in [0.717, 1.165) is 40.4 Å². The molecule has 0 amide bonds. The van der Waals surface area contributed by atoms with Crippen molar-refractivity contribution in [3.63, 3.8) is 0 Å². The number of nitrogens with zero attached hydrogens (tertiary/aromatic N) is 2. The van der Waals surface area contributed by atoms with Crippen molar-refractivity contribution in [3.8, 4) is 5.75 Å². The van der Waals surface area contributed by atoms with Gasteiger partial charge in [-0.2, -0.15) is 5.10 Å². The summed E-state index contributed by atoms with van der Waals surface area (Å²) in [5, 5.41) is 8.19. The van der Waals surface area contributed by atoms with Crippen molar-refractivity contribution >= 4 is 11.6 Å². The lowest BCUT2D eigenvalue weighted by Gasteiger charge is -2.38. The normalized spacial score (nSPS) is 21.0. The third kappa shape index (κ3) is 2.95. The lowest BCUT2D eigenvalue weighted by molar-refractivity contribution is -0.118. The molecule has 0 radical (unpaired) electrons. The van der Waals surface area contributed by atoms with Gasteiger partial charge in [-0.3, -0.25) is 4.79 Å². The van der Waals surface area contributed by atoms with Crippen LogP contribution >= 0.6 is 0 Å². The summed E-state index contributed by atoms with van der Waals surface area (Å²) in [4.78, 5) is 13.2. The Labute approximate surface area is 160 Å². The quantitative estimate of drug-likeness (QED) is 0.858. The minimum Gasteiger partial charge on any atom is -0.497 e. The van der Waals surface area contributed by atoms with Crippen LogP contribution in [0.25, 0.3) is 0 Å². The van der Waals surface area contributed by atoms with E-state index in [9.17, 15) is 4.79 Å². The first-order chi connectivity index (χ1) is 12.8. The van der Waals surface area contributed by atoms with Crippen LogP contribution in [0.2, 0.25) is 0 Å². The first-order valence-electron chi connectivity index (χ1n) is 9.55. The van der Waals surface area contributed by atoms with E-state index < -0.39 is 0 Å². The number of rotatable bonds is 3. The van der Waals surface area contributed by atoms with Crippen molar-refractivity contribution < 1.29 is 9.53 Å². The lowest BCUT2D eigenvalue weighted by Crippen LogP contribution is -2.34. The number of aromatic nitrogens is 2. The minimum atomic E-state index is -0.0849. The van der Waals surface area contributed by atoms with Gasteiger partial charge in [0.05, 0.1) is 13.3 Å². The largest absolute Gasteiger partial charge is 0.497 e. The van der Waals surface area contributed by atoms with Crippen LogP contribution in [0.1, 0.15) is 63.6 Å². The Hall–Kier alpha value is -2.56. The van der Waals surface area contributed by atoms with Crippen molar-refractivity contribution in [3.05, 3.63) is 52.9 Å². The zero-order valence-electron chi connectivity index (χ0n) is 16.7. The number of fused-ring (bicyclic) bond motifs is 1. The monoisotopic (exact) mass is 365 g/mol. The van der Waals surface area contributed by atoms with Gasteiger partial charge in [0.25, 0.3) is 0 Å². The molecule has 1 aromatic heterocycles. The molecule has 5 heteroatoms. The Morgan fingerprint density at radius 2 is 1.93 bits per heavy atom. The maximum absolute atomic E-state index is 13.2. The number of hydrogen-bond acceptors (Lipinski definition) is 4. The molecule has 1 atom stereocenters. The number of carbonyl (C=O) groups is 1. The summed E-state index contributed by atoms with van der Waals surface area (Å²) < 4.78 is 7.32. The number of ketones is 1. The summed E-state index contributed by atoms with van der Waals surface area (Å²) in [7, 11) is 1.66. The van der Waals surface area contributed by atoms with Gasteiger partial charge in [0.15, 0.2) is 5.78 Å². The smallest absolute Gasteiger partial charge is 0.162 e. The molecule has 1 unspecified atom stereocenters. The first-order valence-corrected chi connectivity index (χ1v) is 9.55. The molecule has 0 spiro atoms. The molecule has 2 aromatic rings. The molecule has 2 aliphatic rings. The van der Waals surface area contributed by atoms with Gasteiger partial charge in [0, 0.05) is 35.2 Å². The van der Waals surface area contributed by atoms with Crippen LogP contribution in [0.4, 0.5) is 5.82 Å². The molecule has 0 saturated heterocycles. The van der Waals surface area contributed by atoms with Crippen LogP contribution in [0.3, 0.4) is 0 Å². The van der Waals surface area contributed by atoms with Crippen molar-refractivity contribution in [2.24, 2.45) is 5.41 Å². The van der Waals surface area contributed by atoms with Crippen molar-refractivity contribution in [1.29, 1.82) is 0 Å². The number of carbonyl (C=O) groups excluding carboxylic acids is 1. The highest BCUT2D eigenvalue weighted by molar-refractivity contribution is 6.01. The molecule has 0 fully saturated rings. The highest BCUT2D eigenvalue weighted by Crippen LogP contribution is 2.49. The van der Waals surface area contributed by atoms with E-state index in [1.165, 1.54) is 0 Å². The Balaban J connectivity index is 1.90. The zero-order valence-corrected chi connectivity index (χ0v) is 16.7. The molecule has 142 valence electrons. The van der Waals surface area contributed by atoms with E-state index in [2.05, 4.69) is 50.2 Å². The van der Waals surface area contributed by atoms with Gasteiger partial charge in [0.1, 0.15) is 11.6 Å². The summed E-state index contributed by atoms with van der Waals surface area (Å²) in [6.45, 7) is 8.57. The number of Topliss-reactive ketones (excluding diaryl/α,β-unsaturated/α-hetero) is 1. The maximum Gasteiger partial charge on any atom is 0.162 e. The highest BCUT2D eigenvalue weighted by Gasteiger charge is 2.42. The number of nitrogens with one attached hydrogen (secondary N) is 1. The molecule has 0 bridgehead atoms. The first kappa shape index (κ1) is 17.8. The summed E-state index contributed by atoms with van der Waals surface area (Å²) in [5.74, 6) is 1.97. The second kappa shape index (κ2) is 6.25. The van der Waals surface area contributed by atoms with E-state index in [-0.39, 0.29) is 23.2 Å². The molecule has 27 heavy (non-hydrogen) atoms. The van der Waals surface area contributed by atoms with Gasteiger partial charge in [-0.05, 0) is 43.4 Å². The van der Waals surface area contributed by atoms with Crippen LogP contribution in [0.5, 0.6) is 5.75 Å². The third-order valence-corrected chi connectivity index (χ3v) is 5.55. The Morgan fingerprint density at radius 3 is 2.56 bits per heavy atom. The highest BCUT2D eigenvalue weighted by atomic mass is 16.5. The number of methoxy groups -OCH3 is 1. The molecule has 0 saturated carbocycles. The third-order valence-electron chi connectivity index (χ3n) is 5.55. The van der Waals surface area contributed by atoms with Crippen LogP contribution in [-0.4, -0.2) is 22.7 Å². The molecule has 1 N–H and O–H groups in total. The number of ether oxygens (including phenoxy) is 1. The number of hydrogen-bond donors (Lipinski definition) is 1. The lowest BCUT2D eigenvalue weighted by atomic mass is 9.69. The average Bonchev–Trinajstić information content (AvgIpc) is 3.02. The van der Waals surface area contributed by atoms with Crippen LogP contribution in [0, 0.1) is 5.41 Å². The SMILES string of the molecule is COc1ccc(C2C3=C(CC(C)(C)CC3=O)Nc3c2cnn3C(C)C)cc1. The van der Waals surface area contributed by atoms with E-state index >= 15 is 0 Å². The number of anilines is 1. The molecular formula is C22H27N3O2. The predicted molar refractivity (Wildman–Crippen MR) is 106 cm³/mol. The van der Waals surface area contributed by atoms with Crippen molar-refractivity contribution in [1.82, 2.24) is 9.78 Å². The molecule has 1 aromatic carbocycles. The van der Waals surface area contributed by atoms with Gasteiger partial charge in [-0.1, -0.05) is 26.0 Å². The van der Waals surface area contributed by atoms with Crippen LogP contribution in [0.15, 0.2) is 41.7 Å². The maximum atomic E-state index is 13.2. The zero-order chi connectivity index (χ0) is 19.3. The van der Waals surface area contributed by atoms with E-state index in [4.69, 9.17) is 4.74 Å². The second-order valence-corrected chi connectivity index (χ2v) is 8.65. The van der Waals surface area contributed by atoms with Gasteiger partial charge >= 0.3 is 0 Å². The standard InChI is InChI=1S/C22H27N3O2/c1-13(2)25-21-16(12-23-25)19(14-6-8-15(27-5)9-7-14)20-17(24-21)10-22(3,4)11-18(20)26/h6-9,12-13,19,24H,10-11H2,1-5H3. The Kier molecular flexibility index (Phi) is 4.13. The summed E-state index contributed by atoms with van der Waals surface area (Å²) >= 11 is 0. The molecule has 2 heterocycles. The van der Waals surface area contributed by atoms with E-state index in [1.54, 1.807) is 7.11 Å². The van der Waals surface area contributed by atoms with E-state index in [0.29, 0.717) is 6.42 Å². The van der Waals surface area contributed by atoms with Crippen LogP contribution < -0.4 is 10.1 Å². The minimum absolute atomic E-state index is 0.0342. The summed E-state index contributed by atoms with van der Waals surface area (Å²) in [6.07, 6.45) is 3.35. The fraction of sp³-hybridized carbons (Fsp3) is 0.455. The number of benzene rings is 1. The molecule has 1 aliphatic carbocycles. The molecule has 4 rings (SSSR count). The van der Waals surface area contributed by atoms with Crippen LogP contribution in [-0.2, 0) is 4.79 Å². The van der Waals surface area contributed by atoms with Gasteiger partial charge in [-0.25, -0.2) is 4.68 Å². The van der Waals surface area contributed by atoms with Gasteiger partial charge in [0.2, 0.25) is 0 Å². The van der Waals surface area contributed by atoms with Gasteiger partial charge < -0.3 is 10.1 Å². The fourth-order valence-corrected chi connectivity index (χ4v) is 4.33. The summed E-state index contributed by atoms with van der Waals surface area (Å²) in [5.41, 5.74) is 4.08. The Morgan fingerprint density at radius 1 is 1.22 bits per heavy atom. The Bertz CT molecular complexity index is 920. The van der Waals surface area contributed by atoms with E-state index in [1.807, 2.05) is 23.0 Å². The molecule has 1 aliphatic heterocycles.